The molecule has 6 heteroatoms. The van der Waals surface area contributed by atoms with Crippen molar-refractivity contribution in [2.75, 3.05) is 19.6 Å². The van der Waals surface area contributed by atoms with Crippen LogP contribution < -0.4 is 10.6 Å². The lowest BCUT2D eigenvalue weighted by Crippen LogP contribution is -2.42. The van der Waals surface area contributed by atoms with E-state index in [4.69, 9.17) is 0 Å². The summed E-state index contributed by atoms with van der Waals surface area (Å²) in [5.74, 6) is 0. The molecule has 0 spiro atoms. The van der Waals surface area contributed by atoms with Gasteiger partial charge in [-0.25, -0.2) is 0 Å². The van der Waals surface area contributed by atoms with Gasteiger partial charge in [0, 0.05) is 25.7 Å². The minimum atomic E-state index is -4.25. The predicted molar refractivity (Wildman–Crippen MR) is 62.3 cm³/mol. The van der Waals surface area contributed by atoms with Gasteiger partial charge >= 0.3 is 6.18 Å². The number of hydrogen-bond donors (Lipinski definition) is 2. The fourth-order valence-corrected chi connectivity index (χ4v) is 1.79. The second-order valence-corrected chi connectivity index (χ2v) is 3.83. The summed E-state index contributed by atoms with van der Waals surface area (Å²) < 4.78 is 37.0. The first-order valence-corrected chi connectivity index (χ1v) is 5.18. The van der Waals surface area contributed by atoms with Gasteiger partial charge in [0.15, 0.2) is 0 Å². The average Bonchev–Trinajstić information content (AvgIpc) is 2.29. The van der Waals surface area contributed by atoms with Gasteiger partial charge < -0.3 is 10.6 Å². The summed E-state index contributed by atoms with van der Waals surface area (Å²) in [6.45, 7) is 2.49. The summed E-state index contributed by atoms with van der Waals surface area (Å²) in [6.07, 6.45) is -4.25. The second-order valence-electron chi connectivity index (χ2n) is 3.83. The number of halogens is 4. The Bertz CT molecular complexity index is 345. The van der Waals surface area contributed by atoms with E-state index in [-0.39, 0.29) is 18.4 Å². The van der Waals surface area contributed by atoms with Crippen molar-refractivity contribution < 1.29 is 13.2 Å². The van der Waals surface area contributed by atoms with E-state index in [9.17, 15) is 13.2 Å². The Labute approximate surface area is 104 Å². The van der Waals surface area contributed by atoms with Crippen LogP contribution in [-0.4, -0.2) is 19.6 Å². The van der Waals surface area contributed by atoms with E-state index >= 15 is 0 Å². The van der Waals surface area contributed by atoms with E-state index in [0.717, 1.165) is 37.3 Å². The van der Waals surface area contributed by atoms with Gasteiger partial charge in [0.1, 0.15) is 0 Å². The fraction of sp³-hybridized carbons (Fsp3) is 0.455. The molecule has 1 fully saturated rings. The van der Waals surface area contributed by atoms with E-state index in [2.05, 4.69) is 10.6 Å². The highest BCUT2D eigenvalue weighted by molar-refractivity contribution is 5.85. The van der Waals surface area contributed by atoms with Crippen LogP contribution in [0.5, 0.6) is 0 Å². The molecule has 1 unspecified atom stereocenters. The lowest BCUT2D eigenvalue weighted by Gasteiger charge is -2.25. The van der Waals surface area contributed by atoms with Gasteiger partial charge in [0.2, 0.25) is 0 Å². The highest BCUT2D eigenvalue weighted by Crippen LogP contribution is 2.29. The third-order valence-corrected chi connectivity index (χ3v) is 2.68. The second kappa shape index (κ2) is 5.71. The molecule has 2 rings (SSSR count). The summed E-state index contributed by atoms with van der Waals surface area (Å²) in [6, 6.07) is 5.44. The molecule has 1 saturated heterocycles. The lowest BCUT2D eigenvalue weighted by atomic mass is 10.0. The first-order chi connectivity index (χ1) is 7.57. The maximum Gasteiger partial charge on any atom is 0.416 e. The van der Waals surface area contributed by atoms with Crippen molar-refractivity contribution in [3.63, 3.8) is 0 Å². The highest BCUT2D eigenvalue weighted by atomic mass is 35.5. The molecule has 0 saturated carbocycles. The van der Waals surface area contributed by atoms with Crippen LogP contribution in [0.1, 0.15) is 17.2 Å². The van der Waals surface area contributed by atoms with Crippen LogP contribution in [0.2, 0.25) is 0 Å². The van der Waals surface area contributed by atoms with Gasteiger partial charge in [-0.3, -0.25) is 0 Å². The van der Waals surface area contributed by atoms with Crippen LogP contribution in [-0.2, 0) is 6.18 Å². The minimum Gasteiger partial charge on any atom is -0.314 e. The Morgan fingerprint density at radius 1 is 1.06 bits per heavy atom. The van der Waals surface area contributed by atoms with Gasteiger partial charge in [-0.1, -0.05) is 12.1 Å². The number of hydrogen-bond acceptors (Lipinski definition) is 2. The maximum atomic E-state index is 12.3. The zero-order valence-corrected chi connectivity index (χ0v) is 9.87. The highest BCUT2D eigenvalue weighted by Gasteiger charge is 2.30. The molecule has 0 aliphatic carbocycles. The van der Waals surface area contributed by atoms with Crippen molar-refractivity contribution in [1.29, 1.82) is 0 Å². The normalized spacial score (nSPS) is 20.8. The molecular formula is C11H14ClF3N2. The molecule has 1 heterocycles. The molecule has 17 heavy (non-hydrogen) atoms. The number of rotatable bonds is 1. The van der Waals surface area contributed by atoms with Crippen LogP contribution in [0.3, 0.4) is 0 Å². The average molecular weight is 267 g/mol. The first-order valence-electron chi connectivity index (χ1n) is 5.18. The van der Waals surface area contributed by atoms with E-state index in [1.54, 1.807) is 0 Å². The predicted octanol–water partition coefficient (Wildman–Crippen LogP) is 2.36. The third kappa shape index (κ3) is 3.59. The Hall–Kier alpha value is -0.780. The van der Waals surface area contributed by atoms with Gasteiger partial charge in [0.05, 0.1) is 5.56 Å². The van der Waals surface area contributed by atoms with Gasteiger partial charge in [-0.2, -0.15) is 13.2 Å². The number of nitrogens with one attached hydrogen (secondary N) is 2. The zero-order valence-electron chi connectivity index (χ0n) is 9.05. The van der Waals surface area contributed by atoms with Gasteiger partial charge in [-0.15, -0.1) is 12.4 Å². The molecular weight excluding hydrogens is 253 g/mol. The molecule has 0 bridgehead atoms. The van der Waals surface area contributed by atoms with Crippen LogP contribution >= 0.6 is 12.4 Å². The molecule has 0 aromatic heterocycles. The number of piperazine rings is 1. The van der Waals surface area contributed by atoms with E-state index < -0.39 is 11.7 Å². The molecule has 1 aromatic carbocycles. The van der Waals surface area contributed by atoms with Crippen molar-refractivity contribution in [3.8, 4) is 0 Å². The molecule has 0 amide bonds. The van der Waals surface area contributed by atoms with Crippen molar-refractivity contribution in [1.82, 2.24) is 10.6 Å². The summed E-state index contributed by atoms with van der Waals surface area (Å²) in [4.78, 5) is 0. The Morgan fingerprint density at radius 3 is 2.18 bits per heavy atom. The standard InChI is InChI=1S/C11H13F3N2.ClH/c12-11(13,14)9-3-1-8(2-4-9)10-7-15-5-6-16-10;/h1-4,10,15-16H,5-7H2;1H. The summed E-state index contributed by atoms with van der Waals surface area (Å²) in [7, 11) is 0. The zero-order chi connectivity index (χ0) is 11.6. The van der Waals surface area contributed by atoms with Crippen LogP contribution in [0.15, 0.2) is 24.3 Å². The molecule has 1 atom stereocenters. The number of benzene rings is 1. The molecule has 1 aliphatic heterocycles. The van der Waals surface area contributed by atoms with Gasteiger partial charge in [0.25, 0.3) is 0 Å². The largest absolute Gasteiger partial charge is 0.416 e. The van der Waals surface area contributed by atoms with Crippen LogP contribution in [0, 0.1) is 0 Å². The van der Waals surface area contributed by atoms with E-state index in [1.807, 2.05) is 0 Å². The molecule has 2 N–H and O–H groups in total. The van der Waals surface area contributed by atoms with E-state index in [0.29, 0.717) is 0 Å². The Kier molecular flexibility index (Phi) is 4.80. The van der Waals surface area contributed by atoms with Crippen molar-refractivity contribution >= 4 is 12.4 Å². The Morgan fingerprint density at radius 2 is 1.71 bits per heavy atom. The first kappa shape index (κ1) is 14.3. The third-order valence-electron chi connectivity index (χ3n) is 2.68. The molecule has 1 aromatic rings. The minimum absolute atomic E-state index is 0. The van der Waals surface area contributed by atoms with Crippen LogP contribution in [0.4, 0.5) is 13.2 Å². The van der Waals surface area contributed by atoms with E-state index in [1.165, 1.54) is 12.1 Å². The Balaban J connectivity index is 0.00000144. The number of alkyl halides is 3. The topological polar surface area (TPSA) is 24.1 Å². The SMILES string of the molecule is Cl.FC(F)(F)c1ccc(C2CNCCN2)cc1. The monoisotopic (exact) mass is 266 g/mol. The fourth-order valence-electron chi connectivity index (χ4n) is 1.79. The lowest BCUT2D eigenvalue weighted by molar-refractivity contribution is -0.137. The molecule has 0 radical (unpaired) electrons. The summed E-state index contributed by atoms with van der Waals surface area (Å²) >= 11 is 0. The molecule has 1 aliphatic rings. The smallest absolute Gasteiger partial charge is 0.314 e. The maximum absolute atomic E-state index is 12.3. The van der Waals surface area contributed by atoms with Crippen molar-refractivity contribution in [3.05, 3.63) is 35.4 Å². The van der Waals surface area contributed by atoms with Crippen LogP contribution in [0.25, 0.3) is 0 Å². The van der Waals surface area contributed by atoms with Crippen molar-refractivity contribution in [2.24, 2.45) is 0 Å². The van der Waals surface area contributed by atoms with Gasteiger partial charge in [-0.05, 0) is 17.7 Å². The van der Waals surface area contributed by atoms with Crippen molar-refractivity contribution in [2.45, 2.75) is 12.2 Å². The summed E-state index contributed by atoms with van der Waals surface area (Å²) in [5.41, 5.74) is 0.292. The quantitative estimate of drug-likeness (QED) is 0.815. The molecule has 96 valence electrons. The molecule has 2 nitrogen and oxygen atoms in total. The summed E-state index contributed by atoms with van der Waals surface area (Å²) in [5, 5.41) is 6.44.